The van der Waals surface area contributed by atoms with Crippen molar-refractivity contribution in [3.05, 3.63) is 0 Å². The van der Waals surface area contributed by atoms with E-state index in [4.69, 9.17) is 4.99 Å². The molecule has 4 heterocycles. The molecule has 3 atom stereocenters. The summed E-state index contributed by atoms with van der Waals surface area (Å²) in [5.74, 6) is 2.99. The average Bonchev–Trinajstić information content (AvgIpc) is 2.82. The molecule has 0 aromatic carbocycles. The summed E-state index contributed by atoms with van der Waals surface area (Å²) in [4.78, 5) is 7.72. The minimum atomic E-state index is 0.384. The van der Waals surface area contributed by atoms with Gasteiger partial charge >= 0.3 is 0 Å². The Morgan fingerprint density at radius 3 is 2.85 bits per heavy atom. The first-order valence-corrected chi connectivity index (χ1v) is 9.42. The minimum Gasteiger partial charge on any atom is -0.359 e. The molecule has 5 fully saturated rings. The van der Waals surface area contributed by atoms with E-state index in [9.17, 15) is 0 Å². The Morgan fingerprint density at radius 1 is 1.30 bits per heavy atom. The molecule has 20 heavy (non-hydrogen) atoms. The minimum absolute atomic E-state index is 0.384. The number of aliphatic imine (C=N–C) groups is 1. The van der Waals surface area contributed by atoms with Crippen LogP contribution in [0.3, 0.4) is 0 Å². The molecule has 5 aliphatic rings. The van der Waals surface area contributed by atoms with E-state index in [1.54, 1.807) is 0 Å². The van der Waals surface area contributed by atoms with Gasteiger partial charge in [-0.25, -0.2) is 0 Å². The maximum atomic E-state index is 5.12. The molecule has 2 bridgehead atoms. The molecule has 3 unspecified atom stereocenters. The van der Waals surface area contributed by atoms with Crippen LogP contribution < -0.4 is 5.32 Å². The molecular formula is C16H27N3S. The molecule has 5 rings (SSSR count). The van der Waals surface area contributed by atoms with Crippen LogP contribution in [-0.2, 0) is 0 Å². The van der Waals surface area contributed by atoms with Gasteiger partial charge in [-0.05, 0) is 50.6 Å². The van der Waals surface area contributed by atoms with Gasteiger partial charge in [-0.1, -0.05) is 31.5 Å². The van der Waals surface area contributed by atoms with E-state index in [0.29, 0.717) is 11.6 Å². The summed E-state index contributed by atoms with van der Waals surface area (Å²) < 4.78 is 0. The van der Waals surface area contributed by atoms with E-state index in [0.717, 1.165) is 11.8 Å². The SMILES string of the molecule is CC1CCCC2(CSC(=NC3CN4CCC3CC4)N2)C1. The van der Waals surface area contributed by atoms with Crippen molar-refractivity contribution >= 4 is 16.9 Å². The molecule has 0 aromatic rings. The van der Waals surface area contributed by atoms with Gasteiger partial charge in [-0.2, -0.15) is 0 Å². The van der Waals surface area contributed by atoms with Crippen LogP contribution >= 0.6 is 11.8 Å². The molecule has 0 aromatic heterocycles. The molecule has 4 saturated heterocycles. The highest BCUT2D eigenvalue weighted by Crippen LogP contribution is 2.39. The van der Waals surface area contributed by atoms with E-state index in [-0.39, 0.29) is 0 Å². The maximum Gasteiger partial charge on any atom is 0.157 e. The Labute approximate surface area is 127 Å². The summed E-state index contributed by atoms with van der Waals surface area (Å²) in [7, 11) is 0. The second-order valence-corrected chi connectivity index (χ2v) is 8.50. The zero-order valence-electron chi connectivity index (χ0n) is 12.6. The predicted molar refractivity (Wildman–Crippen MR) is 86.3 cm³/mol. The highest BCUT2D eigenvalue weighted by Gasteiger charge is 2.41. The number of fused-ring (bicyclic) bond motifs is 3. The molecule has 1 spiro atoms. The van der Waals surface area contributed by atoms with Crippen molar-refractivity contribution in [2.75, 3.05) is 25.4 Å². The lowest BCUT2D eigenvalue weighted by Gasteiger charge is -2.43. The van der Waals surface area contributed by atoms with Crippen molar-refractivity contribution in [2.24, 2.45) is 16.8 Å². The van der Waals surface area contributed by atoms with Crippen LogP contribution in [0.5, 0.6) is 0 Å². The van der Waals surface area contributed by atoms with Crippen LogP contribution in [0.25, 0.3) is 0 Å². The number of piperidine rings is 3. The van der Waals surface area contributed by atoms with Gasteiger partial charge < -0.3 is 10.2 Å². The molecule has 3 nitrogen and oxygen atoms in total. The molecule has 1 N–H and O–H groups in total. The van der Waals surface area contributed by atoms with Gasteiger partial charge in [0, 0.05) is 17.8 Å². The second-order valence-electron chi connectivity index (χ2n) is 7.54. The van der Waals surface area contributed by atoms with Gasteiger partial charge in [0.15, 0.2) is 5.17 Å². The van der Waals surface area contributed by atoms with E-state index in [2.05, 4.69) is 17.1 Å². The van der Waals surface area contributed by atoms with E-state index < -0.39 is 0 Å². The Morgan fingerprint density at radius 2 is 2.15 bits per heavy atom. The largest absolute Gasteiger partial charge is 0.359 e. The summed E-state index contributed by atoms with van der Waals surface area (Å²) in [6, 6.07) is 0.573. The number of nitrogens with zero attached hydrogens (tertiary/aromatic N) is 2. The number of thioether (sulfide) groups is 1. The first kappa shape index (κ1) is 13.4. The van der Waals surface area contributed by atoms with Crippen molar-refractivity contribution in [3.8, 4) is 0 Å². The van der Waals surface area contributed by atoms with Gasteiger partial charge in [-0.15, -0.1) is 0 Å². The number of hydrogen-bond donors (Lipinski definition) is 1. The fraction of sp³-hybridized carbons (Fsp3) is 0.938. The lowest BCUT2D eigenvalue weighted by molar-refractivity contribution is 0.0905. The Balaban J connectivity index is 1.44. The number of hydrogen-bond acceptors (Lipinski definition) is 3. The summed E-state index contributed by atoms with van der Waals surface area (Å²) in [5, 5.41) is 5.10. The highest BCUT2D eigenvalue weighted by molar-refractivity contribution is 8.14. The number of rotatable bonds is 1. The Bertz CT molecular complexity index is 403. The van der Waals surface area contributed by atoms with Crippen LogP contribution in [0.1, 0.15) is 45.4 Å². The van der Waals surface area contributed by atoms with Gasteiger partial charge in [-0.3, -0.25) is 4.99 Å². The van der Waals surface area contributed by atoms with Crippen molar-refractivity contribution in [3.63, 3.8) is 0 Å². The van der Waals surface area contributed by atoms with Crippen molar-refractivity contribution in [1.29, 1.82) is 0 Å². The van der Waals surface area contributed by atoms with E-state index >= 15 is 0 Å². The standard InChI is InChI=1S/C16H27N3S/c1-12-3-2-6-16(9-12)11-20-15(18-16)17-14-10-19-7-4-13(14)5-8-19/h12-14H,2-11H2,1H3,(H,17,18). The molecule has 0 amide bonds. The molecule has 112 valence electrons. The lowest BCUT2D eigenvalue weighted by Crippen LogP contribution is -2.51. The highest BCUT2D eigenvalue weighted by atomic mass is 32.2. The average molecular weight is 293 g/mol. The molecule has 1 saturated carbocycles. The molecule has 4 heteroatoms. The monoisotopic (exact) mass is 293 g/mol. The second kappa shape index (κ2) is 5.20. The molecule has 0 radical (unpaired) electrons. The van der Waals surface area contributed by atoms with Crippen LogP contribution in [0, 0.1) is 11.8 Å². The first-order chi connectivity index (χ1) is 9.72. The third kappa shape index (κ3) is 2.50. The third-order valence-electron chi connectivity index (χ3n) is 5.85. The van der Waals surface area contributed by atoms with Crippen LogP contribution in [-0.4, -0.2) is 47.0 Å². The van der Waals surface area contributed by atoms with Crippen LogP contribution in [0.4, 0.5) is 0 Å². The van der Waals surface area contributed by atoms with Gasteiger partial charge in [0.05, 0.1) is 6.04 Å². The number of nitrogens with one attached hydrogen (secondary N) is 1. The zero-order valence-corrected chi connectivity index (χ0v) is 13.4. The molecular weight excluding hydrogens is 266 g/mol. The zero-order chi connectivity index (χ0) is 13.6. The maximum absolute atomic E-state index is 5.12. The lowest BCUT2D eigenvalue weighted by atomic mass is 9.78. The smallest absolute Gasteiger partial charge is 0.157 e. The van der Waals surface area contributed by atoms with Crippen LogP contribution in [0.15, 0.2) is 4.99 Å². The Hall–Kier alpha value is -0.220. The van der Waals surface area contributed by atoms with Gasteiger partial charge in [0.1, 0.15) is 0 Å². The van der Waals surface area contributed by atoms with Crippen LogP contribution in [0.2, 0.25) is 0 Å². The summed E-state index contributed by atoms with van der Waals surface area (Å²) in [5.41, 5.74) is 0.384. The quantitative estimate of drug-likeness (QED) is 0.805. The third-order valence-corrected chi connectivity index (χ3v) is 7.03. The molecule has 1 aliphatic carbocycles. The van der Waals surface area contributed by atoms with E-state index in [1.165, 1.54) is 69.1 Å². The summed E-state index contributed by atoms with van der Waals surface area (Å²) in [6.07, 6.45) is 8.24. The number of amidine groups is 1. The summed E-state index contributed by atoms with van der Waals surface area (Å²) in [6.45, 7) is 6.25. The van der Waals surface area contributed by atoms with Crippen molar-refractivity contribution in [2.45, 2.75) is 57.0 Å². The van der Waals surface area contributed by atoms with Gasteiger partial charge in [0.2, 0.25) is 0 Å². The first-order valence-electron chi connectivity index (χ1n) is 8.44. The normalized spacial score (nSPS) is 49.8. The topological polar surface area (TPSA) is 27.6 Å². The summed E-state index contributed by atoms with van der Waals surface area (Å²) >= 11 is 1.99. The van der Waals surface area contributed by atoms with Crippen molar-refractivity contribution in [1.82, 2.24) is 10.2 Å². The van der Waals surface area contributed by atoms with E-state index in [1.807, 2.05) is 11.8 Å². The predicted octanol–water partition coefficient (Wildman–Crippen LogP) is 2.72. The van der Waals surface area contributed by atoms with Crippen molar-refractivity contribution < 1.29 is 0 Å². The fourth-order valence-corrected chi connectivity index (χ4v) is 5.96. The fourth-order valence-electron chi connectivity index (χ4n) is 4.71. The Kier molecular flexibility index (Phi) is 3.50. The molecule has 4 aliphatic heterocycles. The van der Waals surface area contributed by atoms with Gasteiger partial charge in [0.25, 0.3) is 0 Å².